The van der Waals surface area contributed by atoms with Crippen LogP contribution in [0.15, 0.2) is 29.2 Å². The molecule has 2 heterocycles. The minimum atomic E-state index is -3.60. The maximum absolute atomic E-state index is 11.9. The topological polar surface area (TPSA) is 103 Å². The number of pyridine rings is 1. The summed E-state index contributed by atoms with van der Waals surface area (Å²) in [5, 5.41) is 6.70. The maximum atomic E-state index is 11.9. The number of rotatable bonds is 5. The van der Waals surface area contributed by atoms with Crippen molar-refractivity contribution in [1.29, 1.82) is 0 Å². The third kappa shape index (κ3) is 3.95. The van der Waals surface area contributed by atoms with Gasteiger partial charge in [-0.1, -0.05) is 11.6 Å². The van der Waals surface area contributed by atoms with Crippen molar-refractivity contribution in [3.05, 3.63) is 39.9 Å². The SMILES string of the molecule is CCS(=O)(=O)Oc1ccc(Nc2cc(Cl)nn(C)c2=O)nc1. The first kappa shape index (κ1) is 16.2. The molecule has 0 amide bonds. The van der Waals surface area contributed by atoms with Crippen molar-refractivity contribution in [1.82, 2.24) is 14.8 Å². The molecule has 1 N–H and O–H groups in total. The highest BCUT2D eigenvalue weighted by Gasteiger charge is 2.10. The molecule has 0 saturated heterocycles. The van der Waals surface area contributed by atoms with Crippen LogP contribution in [-0.4, -0.2) is 28.9 Å². The summed E-state index contributed by atoms with van der Waals surface area (Å²) < 4.78 is 28.6. The summed E-state index contributed by atoms with van der Waals surface area (Å²) in [7, 11) is -2.13. The summed E-state index contributed by atoms with van der Waals surface area (Å²) in [6, 6.07) is 4.28. The van der Waals surface area contributed by atoms with Crippen LogP contribution in [0, 0.1) is 0 Å². The van der Waals surface area contributed by atoms with Crippen molar-refractivity contribution >= 4 is 33.2 Å². The fourth-order valence-electron chi connectivity index (χ4n) is 1.51. The fraction of sp³-hybridized carbons (Fsp3) is 0.250. The van der Waals surface area contributed by atoms with Crippen molar-refractivity contribution in [3.8, 4) is 5.75 Å². The second kappa shape index (κ2) is 6.32. The maximum Gasteiger partial charge on any atom is 0.308 e. The van der Waals surface area contributed by atoms with Crippen molar-refractivity contribution in [3.63, 3.8) is 0 Å². The Labute approximate surface area is 131 Å². The highest BCUT2D eigenvalue weighted by molar-refractivity contribution is 7.87. The molecule has 0 radical (unpaired) electrons. The molecule has 0 aliphatic heterocycles. The molecule has 0 spiro atoms. The van der Waals surface area contributed by atoms with Gasteiger partial charge >= 0.3 is 10.1 Å². The number of anilines is 2. The zero-order valence-electron chi connectivity index (χ0n) is 11.8. The van der Waals surface area contributed by atoms with E-state index in [4.69, 9.17) is 15.8 Å². The monoisotopic (exact) mass is 344 g/mol. The molecule has 2 rings (SSSR count). The second-order valence-electron chi connectivity index (χ2n) is 4.24. The molecule has 0 unspecified atom stereocenters. The van der Waals surface area contributed by atoms with E-state index in [1.807, 2.05) is 0 Å². The van der Waals surface area contributed by atoms with Gasteiger partial charge in [-0.3, -0.25) is 4.79 Å². The van der Waals surface area contributed by atoms with E-state index in [0.29, 0.717) is 5.82 Å². The molecular formula is C12H13ClN4O4S. The quantitative estimate of drug-likeness (QED) is 0.815. The lowest BCUT2D eigenvalue weighted by molar-refractivity contribution is 0.486. The third-order valence-corrected chi connectivity index (χ3v) is 3.95. The molecular weight excluding hydrogens is 332 g/mol. The number of aromatic nitrogens is 3. The highest BCUT2D eigenvalue weighted by Crippen LogP contribution is 2.17. The lowest BCUT2D eigenvalue weighted by Crippen LogP contribution is -2.22. The molecule has 0 saturated carbocycles. The second-order valence-corrected chi connectivity index (χ2v) is 6.49. The van der Waals surface area contributed by atoms with Crippen LogP contribution >= 0.6 is 11.6 Å². The largest absolute Gasteiger partial charge is 0.381 e. The molecule has 0 aliphatic carbocycles. The molecule has 0 aliphatic rings. The zero-order valence-corrected chi connectivity index (χ0v) is 13.3. The predicted molar refractivity (Wildman–Crippen MR) is 82.1 cm³/mol. The normalized spacial score (nSPS) is 11.2. The molecule has 2 aromatic rings. The fourth-order valence-corrected chi connectivity index (χ4v) is 2.24. The first-order valence-electron chi connectivity index (χ1n) is 6.20. The van der Waals surface area contributed by atoms with Crippen LogP contribution in [0.25, 0.3) is 0 Å². The van der Waals surface area contributed by atoms with Crippen LogP contribution in [0.3, 0.4) is 0 Å². The number of aryl methyl sites for hydroxylation is 1. The van der Waals surface area contributed by atoms with E-state index in [9.17, 15) is 13.2 Å². The lowest BCUT2D eigenvalue weighted by Gasteiger charge is -2.08. The van der Waals surface area contributed by atoms with Crippen molar-refractivity contribution in [2.24, 2.45) is 7.05 Å². The zero-order chi connectivity index (χ0) is 16.3. The molecule has 0 aromatic carbocycles. The first-order valence-corrected chi connectivity index (χ1v) is 8.15. The van der Waals surface area contributed by atoms with Gasteiger partial charge in [-0.05, 0) is 19.1 Å². The van der Waals surface area contributed by atoms with Crippen LogP contribution in [0.2, 0.25) is 5.15 Å². The predicted octanol–water partition coefficient (Wildman–Crippen LogP) is 1.30. The Morgan fingerprint density at radius 2 is 2.14 bits per heavy atom. The smallest absolute Gasteiger partial charge is 0.308 e. The van der Waals surface area contributed by atoms with E-state index >= 15 is 0 Å². The Bertz CT molecular complexity index is 833. The first-order chi connectivity index (χ1) is 10.3. The molecule has 22 heavy (non-hydrogen) atoms. The van der Waals surface area contributed by atoms with Crippen LogP contribution in [0.5, 0.6) is 5.75 Å². The van der Waals surface area contributed by atoms with Gasteiger partial charge in [0.2, 0.25) is 0 Å². The molecule has 118 valence electrons. The standard InChI is InChI=1S/C12H13ClN4O4S/c1-3-22(19,20)21-8-4-5-11(14-7-8)15-9-6-10(13)16-17(2)12(9)18/h4-7H,3H2,1-2H3,(H,14,15). The van der Waals surface area contributed by atoms with E-state index in [2.05, 4.69) is 15.4 Å². The van der Waals surface area contributed by atoms with Gasteiger partial charge in [-0.15, -0.1) is 0 Å². The summed E-state index contributed by atoms with van der Waals surface area (Å²) >= 11 is 5.78. The van der Waals surface area contributed by atoms with Crippen LogP contribution in [0.1, 0.15) is 6.92 Å². The summed E-state index contributed by atoms with van der Waals surface area (Å²) in [6.07, 6.45) is 1.24. The van der Waals surface area contributed by atoms with Gasteiger partial charge in [-0.2, -0.15) is 13.5 Å². The number of hydrogen-bond acceptors (Lipinski definition) is 7. The van der Waals surface area contributed by atoms with Gasteiger partial charge in [0.15, 0.2) is 10.9 Å². The average molecular weight is 345 g/mol. The van der Waals surface area contributed by atoms with Gasteiger partial charge in [0, 0.05) is 13.1 Å². The van der Waals surface area contributed by atoms with Gasteiger partial charge in [0.1, 0.15) is 11.5 Å². The van der Waals surface area contributed by atoms with Crippen LogP contribution in [0.4, 0.5) is 11.5 Å². The van der Waals surface area contributed by atoms with E-state index in [1.165, 1.54) is 38.4 Å². The van der Waals surface area contributed by atoms with E-state index in [0.717, 1.165) is 4.68 Å². The summed E-state index contributed by atoms with van der Waals surface area (Å²) in [5.74, 6) is 0.284. The van der Waals surface area contributed by atoms with Crippen molar-refractivity contribution < 1.29 is 12.6 Å². The number of hydrogen-bond donors (Lipinski definition) is 1. The Balaban J connectivity index is 2.21. The van der Waals surface area contributed by atoms with Gasteiger partial charge in [0.05, 0.1) is 11.9 Å². The minimum Gasteiger partial charge on any atom is -0.381 e. The molecule has 0 fully saturated rings. The summed E-state index contributed by atoms with van der Waals surface area (Å²) in [4.78, 5) is 15.8. The molecule has 0 bridgehead atoms. The number of nitrogens with zero attached hydrogens (tertiary/aromatic N) is 3. The van der Waals surface area contributed by atoms with Gasteiger partial charge in [-0.25, -0.2) is 9.67 Å². The van der Waals surface area contributed by atoms with Gasteiger partial charge in [0.25, 0.3) is 5.56 Å². The Kier molecular flexibility index (Phi) is 4.67. The van der Waals surface area contributed by atoms with Crippen molar-refractivity contribution in [2.45, 2.75) is 6.92 Å². The Hall–Kier alpha value is -2.13. The third-order valence-electron chi connectivity index (χ3n) is 2.61. The van der Waals surface area contributed by atoms with E-state index in [-0.39, 0.29) is 27.9 Å². The number of nitrogens with one attached hydrogen (secondary N) is 1. The van der Waals surface area contributed by atoms with Crippen LogP contribution < -0.4 is 15.1 Å². The highest BCUT2D eigenvalue weighted by atomic mass is 35.5. The molecule has 2 aromatic heterocycles. The Morgan fingerprint density at radius 3 is 2.73 bits per heavy atom. The van der Waals surface area contributed by atoms with Crippen LogP contribution in [-0.2, 0) is 17.2 Å². The average Bonchev–Trinajstić information content (AvgIpc) is 2.46. The minimum absolute atomic E-state index is 0.0908. The van der Waals surface area contributed by atoms with E-state index in [1.54, 1.807) is 0 Å². The summed E-state index contributed by atoms with van der Waals surface area (Å²) in [5.41, 5.74) is -0.176. The lowest BCUT2D eigenvalue weighted by atomic mass is 10.4. The summed E-state index contributed by atoms with van der Waals surface area (Å²) in [6.45, 7) is 1.47. The van der Waals surface area contributed by atoms with E-state index < -0.39 is 10.1 Å². The molecule has 8 nitrogen and oxygen atoms in total. The van der Waals surface area contributed by atoms with Gasteiger partial charge < -0.3 is 9.50 Å². The molecule has 0 atom stereocenters. The molecule has 10 heteroatoms. The Morgan fingerprint density at radius 1 is 1.41 bits per heavy atom. The van der Waals surface area contributed by atoms with Crippen molar-refractivity contribution in [2.75, 3.05) is 11.1 Å². The number of halogens is 1.